The Hall–Kier alpha value is -0.840. The standard InChI is InChI=1S/C10H5BrCl2N2O/c11-10-6(12)3-5(4-7(10)13)8-1-2-9(16)15-14-8/h1-4H,(H,15,16). The van der Waals surface area contributed by atoms with Crippen LogP contribution in [-0.4, -0.2) is 10.2 Å². The van der Waals surface area contributed by atoms with Gasteiger partial charge in [-0.05, 0) is 34.1 Å². The molecule has 16 heavy (non-hydrogen) atoms. The molecule has 3 nitrogen and oxygen atoms in total. The summed E-state index contributed by atoms with van der Waals surface area (Å²) in [5, 5.41) is 7.23. The summed E-state index contributed by atoms with van der Waals surface area (Å²) in [7, 11) is 0. The second-order valence-electron chi connectivity index (χ2n) is 3.06. The number of halogens is 3. The van der Waals surface area contributed by atoms with Crippen LogP contribution in [0.25, 0.3) is 11.3 Å². The molecule has 0 saturated heterocycles. The third kappa shape index (κ3) is 2.29. The van der Waals surface area contributed by atoms with Gasteiger partial charge in [-0.1, -0.05) is 23.2 Å². The zero-order valence-corrected chi connectivity index (χ0v) is 10.9. The fraction of sp³-hybridized carbons (Fsp3) is 0. The molecule has 0 atom stereocenters. The maximum absolute atomic E-state index is 10.9. The van der Waals surface area contributed by atoms with Gasteiger partial charge < -0.3 is 0 Å². The average molecular weight is 320 g/mol. The summed E-state index contributed by atoms with van der Waals surface area (Å²) < 4.78 is 0.643. The van der Waals surface area contributed by atoms with Crippen molar-refractivity contribution in [2.24, 2.45) is 0 Å². The van der Waals surface area contributed by atoms with E-state index in [0.29, 0.717) is 20.2 Å². The van der Waals surface area contributed by atoms with Crippen LogP contribution in [0.3, 0.4) is 0 Å². The Balaban J connectivity index is 2.56. The molecule has 2 rings (SSSR count). The zero-order valence-electron chi connectivity index (χ0n) is 7.80. The van der Waals surface area contributed by atoms with Gasteiger partial charge in [0, 0.05) is 11.6 Å². The second-order valence-corrected chi connectivity index (χ2v) is 4.67. The number of rotatable bonds is 1. The van der Waals surface area contributed by atoms with Crippen molar-refractivity contribution in [2.75, 3.05) is 0 Å². The normalized spacial score (nSPS) is 10.4. The molecule has 6 heteroatoms. The van der Waals surface area contributed by atoms with Gasteiger partial charge in [-0.2, -0.15) is 5.10 Å². The fourth-order valence-corrected chi connectivity index (χ4v) is 1.92. The molecule has 1 aromatic heterocycles. The highest BCUT2D eigenvalue weighted by Crippen LogP contribution is 2.34. The minimum absolute atomic E-state index is 0.252. The molecule has 0 aliphatic carbocycles. The number of aromatic nitrogens is 2. The first kappa shape index (κ1) is 11.6. The molecular weight excluding hydrogens is 315 g/mol. The van der Waals surface area contributed by atoms with E-state index in [1.807, 2.05) is 0 Å². The van der Waals surface area contributed by atoms with Gasteiger partial charge in [0.2, 0.25) is 0 Å². The van der Waals surface area contributed by atoms with Crippen molar-refractivity contribution in [1.82, 2.24) is 10.2 Å². The van der Waals surface area contributed by atoms with Gasteiger partial charge in [-0.15, -0.1) is 0 Å². The monoisotopic (exact) mass is 318 g/mol. The molecule has 2 aromatic rings. The molecule has 0 aliphatic heterocycles. The van der Waals surface area contributed by atoms with Gasteiger partial charge in [0.15, 0.2) is 0 Å². The molecule has 0 unspecified atom stereocenters. The summed E-state index contributed by atoms with van der Waals surface area (Å²) in [6.07, 6.45) is 0. The van der Waals surface area contributed by atoms with Crippen LogP contribution in [0.4, 0.5) is 0 Å². The van der Waals surface area contributed by atoms with Crippen LogP contribution in [0.15, 0.2) is 33.5 Å². The van der Waals surface area contributed by atoms with Crippen LogP contribution < -0.4 is 5.56 Å². The van der Waals surface area contributed by atoms with Gasteiger partial charge in [-0.25, -0.2) is 5.10 Å². The van der Waals surface area contributed by atoms with Crippen molar-refractivity contribution >= 4 is 39.1 Å². The molecular formula is C10H5BrCl2N2O. The summed E-state index contributed by atoms with van der Waals surface area (Å²) in [6.45, 7) is 0. The van der Waals surface area contributed by atoms with E-state index in [-0.39, 0.29) is 5.56 Å². The van der Waals surface area contributed by atoms with Crippen LogP contribution in [0.2, 0.25) is 10.0 Å². The van der Waals surface area contributed by atoms with Crippen LogP contribution in [0, 0.1) is 0 Å². The summed E-state index contributed by atoms with van der Waals surface area (Å²) >= 11 is 15.2. The largest absolute Gasteiger partial charge is 0.268 e. The van der Waals surface area contributed by atoms with E-state index >= 15 is 0 Å². The second kappa shape index (κ2) is 4.57. The predicted octanol–water partition coefficient (Wildman–Crippen LogP) is 3.51. The number of aromatic amines is 1. The van der Waals surface area contributed by atoms with Crippen molar-refractivity contribution in [3.05, 3.63) is 49.1 Å². The molecule has 0 amide bonds. The zero-order chi connectivity index (χ0) is 11.7. The summed E-state index contributed by atoms with van der Waals surface area (Å²) in [4.78, 5) is 10.9. The Kier molecular flexibility index (Phi) is 3.33. The van der Waals surface area contributed by atoms with E-state index in [9.17, 15) is 4.79 Å². The molecule has 1 aromatic carbocycles. The van der Waals surface area contributed by atoms with Crippen molar-refractivity contribution < 1.29 is 0 Å². The van der Waals surface area contributed by atoms with E-state index in [0.717, 1.165) is 5.56 Å². The van der Waals surface area contributed by atoms with E-state index < -0.39 is 0 Å². The molecule has 1 heterocycles. The lowest BCUT2D eigenvalue weighted by Gasteiger charge is -2.04. The summed E-state index contributed by atoms with van der Waals surface area (Å²) in [5.41, 5.74) is 1.10. The number of benzene rings is 1. The lowest BCUT2D eigenvalue weighted by atomic mass is 10.1. The fourth-order valence-electron chi connectivity index (χ4n) is 1.21. The third-order valence-corrected chi connectivity index (χ3v) is 3.87. The van der Waals surface area contributed by atoms with Crippen molar-refractivity contribution in [1.29, 1.82) is 0 Å². The Morgan fingerprint density at radius 3 is 2.31 bits per heavy atom. The van der Waals surface area contributed by atoms with E-state index in [2.05, 4.69) is 26.1 Å². The minimum atomic E-state index is -0.252. The lowest BCUT2D eigenvalue weighted by Crippen LogP contribution is -2.05. The average Bonchev–Trinajstić information content (AvgIpc) is 2.26. The lowest BCUT2D eigenvalue weighted by molar-refractivity contribution is 0.995. The number of nitrogens with zero attached hydrogens (tertiary/aromatic N) is 1. The highest BCUT2D eigenvalue weighted by molar-refractivity contribution is 9.10. The summed E-state index contributed by atoms with van der Waals surface area (Å²) in [6, 6.07) is 6.44. The number of hydrogen-bond acceptors (Lipinski definition) is 2. The van der Waals surface area contributed by atoms with Gasteiger partial charge in [0.1, 0.15) is 0 Å². The van der Waals surface area contributed by atoms with Gasteiger partial charge in [0.25, 0.3) is 5.56 Å². The van der Waals surface area contributed by atoms with Gasteiger partial charge >= 0.3 is 0 Å². The first-order chi connectivity index (χ1) is 7.58. The first-order valence-corrected chi connectivity index (χ1v) is 5.83. The Labute approximate surface area is 110 Å². The van der Waals surface area contributed by atoms with E-state index in [1.165, 1.54) is 6.07 Å². The smallest absolute Gasteiger partial charge is 0.264 e. The molecule has 0 bridgehead atoms. The van der Waals surface area contributed by atoms with Crippen LogP contribution >= 0.6 is 39.1 Å². The Morgan fingerprint density at radius 1 is 1.19 bits per heavy atom. The SMILES string of the molecule is O=c1ccc(-c2cc(Cl)c(Br)c(Cl)c2)n[nH]1. The quantitative estimate of drug-likeness (QED) is 0.818. The molecule has 82 valence electrons. The molecule has 0 spiro atoms. The van der Waals surface area contributed by atoms with Crippen molar-refractivity contribution in [3.63, 3.8) is 0 Å². The van der Waals surface area contributed by atoms with E-state index in [4.69, 9.17) is 23.2 Å². The first-order valence-electron chi connectivity index (χ1n) is 4.28. The van der Waals surface area contributed by atoms with E-state index in [1.54, 1.807) is 18.2 Å². The number of hydrogen-bond donors (Lipinski definition) is 1. The molecule has 0 saturated carbocycles. The van der Waals surface area contributed by atoms with Crippen LogP contribution in [0.5, 0.6) is 0 Å². The van der Waals surface area contributed by atoms with Crippen LogP contribution in [-0.2, 0) is 0 Å². The minimum Gasteiger partial charge on any atom is -0.268 e. The number of H-pyrrole nitrogens is 1. The molecule has 0 radical (unpaired) electrons. The Bertz CT molecular complexity index is 554. The maximum atomic E-state index is 10.9. The predicted molar refractivity (Wildman–Crippen MR) is 68.0 cm³/mol. The van der Waals surface area contributed by atoms with Gasteiger partial charge in [0.05, 0.1) is 20.2 Å². The summed E-state index contributed by atoms with van der Waals surface area (Å²) in [5.74, 6) is 0. The Morgan fingerprint density at radius 2 is 1.81 bits per heavy atom. The maximum Gasteiger partial charge on any atom is 0.264 e. The highest BCUT2D eigenvalue weighted by atomic mass is 79.9. The van der Waals surface area contributed by atoms with Gasteiger partial charge in [-0.3, -0.25) is 4.79 Å². The highest BCUT2D eigenvalue weighted by Gasteiger charge is 2.07. The molecule has 0 aliphatic rings. The molecule has 1 N–H and O–H groups in total. The topological polar surface area (TPSA) is 45.8 Å². The molecule has 0 fully saturated rings. The van der Waals surface area contributed by atoms with Crippen LogP contribution in [0.1, 0.15) is 0 Å². The third-order valence-electron chi connectivity index (χ3n) is 1.96. The van der Waals surface area contributed by atoms with Crippen molar-refractivity contribution in [3.8, 4) is 11.3 Å². The number of nitrogens with one attached hydrogen (secondary N) is 1. The van der Waals surface area contributed by atoms with Crippen molar-refractivity contribution in [2.45, 2.75) is 0 Å².